The third kappa shape index (κ3) is 3.84. The Bertz CT molecular complexity index is 554. The Hall–Kier alpha value is -0.780. The lowest BCUT2D eigenvalue weighted by atomic mass is 10.2. The molecule has 0 atom stereocenters. The van der Waals surface area contributed by atoms with Crippen LogP contribution in [-0.4, -0.2) is 22.0 Å². The number of anilines is 1. The lowest BCUT2D eigenvalue weighted by Crippen LogP contribution is -1.99. The summed E-state index contributed by atoms with van der Waals surface area (Å²) in [7, 11) is 0. The van der Waals surface area contributed by atoms with Gasteiger partial charge in [-0.2, -0.15) is 0 Å². The van der Waals surface area contributed by atoms with Crippen LogP contribution in [0.5, 0.6) is 0 Å². The number of benzene rings is 1. The van der Waals surface area contributed by atoms with Crippen LogP contribution in [-0.2, 0) is 6.42 Å². The molecule has 0 saturated heterocycles. The third-order valence-electron chi connectivity index (χ3n) is 2.87. The maximum Gasteiger partial charge on any atom is 0.206 e. The fourth-order valence-electron chi connectivity index (χ4n) is 1.68. The van der Waals surface area contributed by atoms with E-state index in [1.54, 1.807) is 23.1 Å². The Morgan fingerprint density at radius 1 is 1.32 bits per heavy atom. The first-order valence-electron chi connectivity index (χ1n) is 6.27. The number of nitrogens with zero attached hydrogens (tertiary/aromatic N) is 2. The van der Waals surface area contributed by atoms with E-state index in [2.05, 4.69) is 21.6 Å². The van der Waals surface area contributed by atoms with Gasteiger partial charge >= 0.3 is 0 Å². The van der Waals surface area contributed by atoms with Gasteiger partial charge in [-0.1, -0.05) is 52.9 Å². The van der Waals surface area contributed by atoms with Gasteiger partial charge in [-0.05, 0) is 30.9 Å². The molecule has 1 aliphatic carbocycles. The zero-order chi connectivity index (χ0) is 13.1. The molecule has 0 spiro atoms. The van der Waals surface area contributed by atoms with Crippen molar-refractivity contribution >= 4 is 39.8 Å². The second kappa shape index (κ2) is 6.11. The van der Waals surface area contributed by atoms with Crippen molar-refractivity contribution < 1.29 is 0 Å². The van der Waals surface area contributed by atoms with E-state index in [0.717, 1.165) is 26.7 Å². The molecule has 1 aliphatic rings. The second-order valence-electron chi connectivity index (χ2n) is 4.48. The first-order valence-corrected chi connectivity index (χ1v) is 8.45. The molecule has 6 heteroatoms. The van der Waals surface area contributed by atoms with E-state index in [1.807, 2.05) is 18.2 Å². The number of nitrogens with one attached hydrogen (secondary N) is 1. The number of hydrogen-bond acceptors (Lipinski definition) is 5. The average Bonchev–Trinajstić information content (AvgIpc) is 3.10. The molecule has 0 bridgehead atoms. The van der Waals surface area contributed by atoms with Gasteiger partial charge in [0.05, 0.1) is 0 Å². The van der Waals surface area contributed by atoms with Crippen molar-refractivity contribution in [3.63, 3.8) is 0 Å². The van der Waals surface area contributed by atoms with E-state index in [0.29, 0.717) is 6.04 Å². The summed E-state index contributed by atoms with van der Waals surface area (Å²) in [6.45, 7) is 0. The van der Waals surface area contributed by atoms with Crippen LogP contribution in [0.25, 0.3) is 0 Å². The number of hydrogen-bond donors (Lipinski definition) is 1. The normalized spacial score (nSPS) is 14.6. The smallest absolute Gasteiger partial charge is 0.206 e. The number of rotatable bonds is 6. The van der Waals surface area contributed by atoms with Crippen molar-refractivity contribution in [3.8, 4) is 0 Å². The van der Waals surface area contributed by atoms with Crippen LogP contribution in [0.4, 0.5) is 5.13 Å². The number of halogens is 1. The van der Waals surface area contributed by atoms with Gasteiger partial charge in [0.15, 0.2) is 4.34 Å². The second-order valence-corrected chi connectivity index (χ2v) is 7.21. The minimum Gasteiger partial charge on any atom is -0.357 e. The first-order chi connectivity index (χ1) is 9.31. The Labute approximate surface area is 125 Å². The largest absolute Gasteiger partial charge is 0.357 e. The summed E-state index contributed by atoms with van der Waals surface area (Å²) in [5.41, 5.74) is 1.19. The topological polar surface area (TPSA) is 37.8 Å². The van der Waals surface area contributed by atoms with E-state index in [9.17, 15) is 0 Å². The molecular formula is C13H14ClN3S2. The van der Waals surface area contributed by atoms with E-state index in [1.165, 1.54) is 18.4 Å². The molecule has 1 fully saturated rings. The maximum absolute atomic E-state index is 6.13. The van der Waals surface area contributed by atoms with Crippen LogP contribution in [0.1, 0.15) is 18.4 Å². The van der Waals surface area contributed by atoms with E-state index in [4.69, 9.17) is 11.6 Å². The SMILES string of the molecule is Clc1ccccc1CCSc1nnc(NC2CC2)s1. The molecule has 1 heterocycles. The highest BCUT2D eigenvalue weighted by molar-refractivity contribution is 8.01. The highest BCUT2D eigenvalue weighted by atomic mass is 35.5. The lowest BCUT2D eigenvalue weighted by Gasteiger charge is -2.01. The predicted molar refractivity (Wildman–Crippen MR) is 82.4 cm³/mol. The molecule has 3 rings (SSSR count). The van der Waals surface area contributed by atoms with Gasteiger partial charge in [0.2, 0.25) is 5.13 Å². The van der Waals surface area contributed by atoms with Crippen LogP contribution < -0.4 is 5.32 Å². The van der Waals surface area contributed by atoms with Crippen LogP contribution in [0.15, 0.2) is 28.6 Å². The molecule has 3 nitrogen and oxygen atoms in total. The molecule has 19 heavy (non-hydrogen) atoms. The van der Waals surface area contributed by atoms with Gasteiger partial charge in [-0.25, -0.2) is 0 Å². The minimum absolute atomic E-state index is 0.633. The van der Waals surface area contributed by atoms with Crippen molar-refractivity contribution in [1.82, 2.24) is 10.2 Å². The summed E-state index contributed by atoms with van der Waals surface area (Å²) in [5, 5.41) is 13.5. The number of aromatic nitrogens is 2. The van der Waals surface area contributed by atoms with Crippen LogP contribution in [0.2, 0.25) is 5.02 Å². The molecule has 1 N–H and O–H groups in total. The van der Waals surface area contributed by atoms with Gasteiger partial charge < -0.3 is 5.32 Å². The predicted octanol–water partition coefficient (Wildman–Crippen LogP) is 4.10. The molecule has 0 unspecified atom stereocenters. The first kappa shape index (κ1) is 13.2. The molecule has 1 saturated carbocycles. The summed E-state index contributed by atoms with van der Waals surface area (Å²) < 4.78 is 1.02. The van der Waals surface area contributed by atoms with E-state index < -0.39 is 0 Å². The van der Waals surface area contributed by atoms with Crippen molar-refractivity contribution in [2.75, 3.05) is 11.1 Å². The molecular weight excluding hydrogens is 298 g/mol. The fraction of sp³-hybridized carbons (Fsp3) is 0.385. The highest BCUT2D eigenvalue weighted by Gasteiger charge is 2.22. The summed E-state index contributed by atoms with van der Waals surface area (Å²) in [5.74, 6) is 0.974. The molecule has 2 aromatic rings. The zero-order valence-corrected chi connectivity index (χ0v) is 12.7. The van der Waals surface area contributed by atoms with Gasteiger partial charge in [0, 0.05) is 16.8 Å². The molecule has 0 aliphatic heterocycles. The molecule has 0 radical (unpaired) electrons. The third-order valence-corrected chi connectivity index (χ3v) is 5.22. The van der Waals surface area contributed by atoms with Crippen molar-refractivity contribution in [2.45, 2.75) is 29.6 Å². The summed E-state index contributed by atoms with van der Waals surface area (Å²) in [6.07, 6.45) is 3.47. The van der Waals surface area contributed by atoms with Crippen molar-refractivity contribution in [1.29, 1.82) is 0 Å². The number of thioether (sulfide) groups is 1. The maximum atomic E-state index is 6.13. The summed E-state index contributed by atoms with van der Waals surface area (Å²) in [4.78, 5) is 0. The quantitative estimate of drug-likeness (QED) is 0.815. The van der Waals surface area contributed by atoms with Gasteiger partial charge in [0.25, 0.3) is 0 Å². The summed E-state index contributed by atoms with van der Waals surface area (Å²) in [6, 6.07) is 8.62. The molecule has 1 aromatic carbocycles. The zero-order valence-electron chi connectivity index (χ0n) is 10.3. The average molecular weight is 312 g/mol. The molecule has 100 valence electrons. The Kier molecular flexibility index (Phi) is 4.25. The van der Waals surface area contributed by atoms with Gasteiger partial charge in [-0.15, -0.1) is 10.2 Å². The Balaban J connectivity index is 1.49. The van der Waals surface area contributed by atoms with Crippen LogP contribution >= 0.6 is 34.7 Å². The fourth-order valence-corrected chi connectivity index (χ4v) is 3.78. The monoisotopic (exact) mass is 311 g/mol. The standard InChI is InChI=1S/C13H14ClN3S2/c14-11-4-2-1-3-9(11)7-8-18-13-17-16-12(19-13)15-10-5-6-10/h1-4,10H,5-8H2,(H,15,16). The summed E-state index contributed by atoms with van der Waals surface area (Å²) >= 11 is 9.51. The highest BCUT2D eigenvalue weighted by Crippen LogP contribution is 2.30. The minimum atomic E-state index is 0.633. The number of aryl methyl sites for hydroxylation is 1. The Morgan fingerprint density at radius 3 is 2.95 bits per heavy atom. The van der Waals surface area contributed by atoms with E-state index >= 15 is 0 Å². The van der Waals surface area contributed by atoms with Crippen LogP contribution in [0.3, 0.4) is 0 Å². The molecule has 1 aromatic heterocycles. The van der Waals surface area contributed by atoms with Crippen molar-refractivity contribution in [3.05, 3.63) is 34.9 Å². The van der Waals surface area contributed by atoms with Gasteiger partial charge in [-0.3, -0.25) is 0 Å². The van der Waals surface area contributed by atoms with Crippen LogP contribution in [0, 0.1) is 0 Å². The lowest BCUT2D eigenvalue weighted by molar-refractivity contribution is 0.993. The molecule has 0 amide bonds. The van der Waals surface area contributed by atoms with Gasteiger partial charge in [0.1, 0.15) is 0 Å². The van der Waals surface area contributed by atoms with E-state index in [-0.39, 0.29) is 0 Å². The Morgan fingerprint density at radius 2 is 2.16 bits per heavy atom. The van der Waals surface area contributed by atoms with Crippen molar-refractivity contribution in [2.24, 2.45) is 0 Å².